The van der Waals surface area contributed by atoms with E-state index in [4.69, 9.17) is 0 Å². The predicted molar refractivity (Wildman–Crippen MR) is 37.7 cm³/mol. The van der Waals surface area contributed by atoms with Crippen LogP contribution in [0.15, 0.2) is 29.4 Å². The van der Waals surface area contributed by atoms with Crippen LogP contribution in [0.1, 0.15) is 0 Å². The number of nitrogens with zero attached hydrogens (tertiary/aromatic N) is 1. The summed E-state index contributed by atoms with van der Waals surface area (Å²) in [5.41, 5.74) is 0. The highest BCUT2D eigenvalue weighted by molar-refractivity contribution is 7.84. The quantitative estimate of drug-likeness (QED) is 0.427. The second kappa shape index (κ2) is 2.79. The summed E-state index contributed by atoms with van der Waals surface area (Å²) in [5.74, 6) is 0. The summed E-state index contributed by atoms with van der Waals surface area (Å²) < 4.78 is 11.4. The lowest BCUT2D eigenvalue weighted by Crippen LogP contribution is -2.30. The first-order valence-corrected chi connectivity index (χ1v) is 4.29. The zero-order valence-corrected chi connectivity index (χ0v) is 6.30. The van der Waals surface area contributed by atoms with E-state index in [0.29, 0.717) is 9.76 Å². The molecule has 0 aliphatic rings. The lowest BCUT2D eigenvalue weighted by atomic mass is 10.5. The maximum Gasteiger partial charge on any atom is 0.281 e. The molecule has 0 spiro atoms. The van der Waals surface area contributed by atoms with E-state index < -0.39 is 10.8 Å². The molecule has 1 rings (SSSR count). The van der Waals surface area contributed by atoms with Gasteiger partial charge in [-0.25, -0.2) is 4.21 Å². The van der Waals surface area contributed by atoms with Crippen molar-refractivity contribution in [3.8, 4) is 0 Å². The average molecular weight is 157 g/mol. The monoisotopic (exact) mass is 157 g/mol. The Hall–Kier alpha value is -0.900. The van der Waals surface area contributed by atoms with Crippen LogP contribution in [-0.4, -0.2) is 10.5 Å². The van der Waals surface area contributed by atoms with E-state index in [1.807, 2.05) is 0 Å². The Morgan fingerprint density at radius 2 is 2.30 bits per heavy atom. The standard InChI is InChI=1S/C6H7NO2S/c1-10(9)6-4-2-3-5-7(6)8/h2-5H,1H3. The Morgan fingerprint density at radius 3 is 2.70 bits per heavy atom. The van der Waals surface area contributed by atoms with Crippen molar-refractivity contribution in [2.75, 3.05) is 6.26 Å². The summed E-state index contributed by atoms with van der Waals surface area (Å²) in [6, 6.07) is 4.83. The third kappa shape index (κ3) is 1.33. The van der Waals surface area contributed by atoms with Gasteiger partial charge in [-0.15, -0.1) is 0 Å². The van der Waals surface area contributed by atoms with Crippen molar-refractivity contribution >= 4 is 10.8 Å². The average Bonchev–Trinajstić information content (AvgIpc) is 1.88. The Morgan fingerprint density at radius 1 is 1.60 bits per heavy atom. The van der Waals surface area contributed by atoms with Crippen molar-refractivity contribution < 1.29 is 8.94 Å². The van der Waals surface area contributed by atoms with Gasteiger partial charge in [0.05, 0.1) is 0 Å². The molecule has 0 aliphatic heterocycles. The van der Waals surface area contributed by atoms with E-state index >= 15 is 0 Å². The fraction of sp³-hybridized carbons (Fsp3) is 0.167. The molecule has 0 N–H and O–H groups in total. The van der Waals surface area contributed by atoms with E-state index in [0.717, 1.165) is 0 Å². The van der Waals surface area contributed by atoms with Crippen molar-refractivity contribution in [3.63, 3.8) is 0 Å². The molecule has 54 valence electrons. The molecular formula is C6H7NO2S. The maximum atomic E-state index is 10.8. The topological polar surface area (TPSA) is 44.0 Å². The van der Waals surface area contributed by atoms with Crippen LogP contribution in [0.3, 0.4) is 0 Å². The largest absolute Gasteiger partial charge is 0.618 e. The van der Waals surface area contributed by atoms with Crippen LogP contribution >= 0.6 is 0 Å². The molecule has 1 aromatic heterocycles. The van der Waals surface area contributed by atoms with Crippen molar-refractivity contribution in [2.45, 2.75) is 5.03 Å². The third-order valence-corrected chi connectivity index (χ3v) is 1.99. The molecule has 1 aromatic rings. The molecule has 0 aromatic carbocycles. The summed E-state index contributed by atoms with van der Waals surface area (Å²) >= 11 is 0. The normalized spacial score (nSPS) is 12.9. The Kier molecular flexibility index (Phi) is 2.01. The molecule has 10 heavy (non-hydrogen) atoms. The van der Waals surface area contributed by atoms with Crippen LogP contribution in [0.5, 0.6) is 0 Å². The van der Waals surface area contributed by atoms with Gasteiger partial charge in [0.2, 0.25) is 0 Å². The van der Waals surface area contributed by atoms with Gasteiger partial charge >= 0.3 is 0 Å². The van der Waals surface area contributed by atoms with Crippen LogP contribution in [-0.2, 0) is 10.8 Å². The number of rotatable bonds is 1. The van der Waals surface area contributed by atoms with Crippen LogP contribution in [0.2, 0.25) is 0 Å². The summed E-state index contributed by atoms with van der Waals surface area (Å²) in [6.07, 6.45) is 2.81. The minimum absolute atomic E-state index is 0.294. The maximum absolute atomic E-state index is 10.8. The van der Waals surface area contributed by atoms with Crippen molar-refractivity contribution in [1.82, 2.24) is 0 Å². The van der Waals surface area contributed by atoms with Gasteiger partial charge in [-0.2, -0.15) is 4.73 Å². The molecule has 0 fully saturated rings. The van der Waals surface area contributed by atoms with Gasteiger partial charge in [0, 0.05) is 18.4 Å². The Labute approximate surface area is 61.3 Å². The Bertz CT molecular complexity index is 262. The number of hydrogen-bond acceptors (Lipinski definition) is 2. The van der Waals surface area contributed by atoms with E-state index in [-0.39, 0.29) is 0 Å². The molecule has 0 bridgehead atoms. The molecule has 1 atom stereocenters. The van der Waals surface area contributed by atoms with Gasteiger partial charge in [0.1, 0.15) is 10.8 Å². The molecular weight excluding hydrogens is 150 g/mol. The number of hydrogen-bond donors (Lipinski definition) is 0. The van der Waals surface area contributed by atoms with Gasteiger partial charge in [0.25, 0.3) is 5.03 Å². The first-order valence-electron chi connectivity index (χ1n) is 2.73. The SMILES string of the molecule is CS(=O)c1cccc[n+]1[O-]. The zero-order chi connectivity index (χ0) is 7.56. The summed E-state index contributed by atoms with van der Waals surface area (Å²) in [6.45, 7) is 0. The smallest absolute Gasteiger partial charge is 0.281 e. The fourth-order valence-corrected chi connectivity index (χ4v) is 1.22. The zero-order valence-electron chi connectivity index (χ0n) is 5.48. The first-order chi connectivity index (χ1) is 4.72. The second-order valence-corrected chi connectivity index (χ2v) is 3.15. The van der Waals surface area contributed by atoms with Crippen LogP contribution in [0, 0.1) is 5.21 Å². The van der Waals surface area contributed by atoms with Crippen LogP contribution in [0.4, 0.5) is 0 Å². The first kappa shape index (κ1) is 7.21. The van der Waals surface area contributed by atoms with Gasteiger partial charge in [0.15, 0.2) is 6.20 Å². The molecule has 0 aliphatic carbocycles. The van der Waals surface area contributed by atoms with E-state index in [9.17, 15) is 9.42 Å². The van der Waals surface area contributed by atoms with Crippen molar-refractivity contribution in [3.05, 3.63) is 29.6 Å². The molecule has 1 heterocycles. The molecule has 0 saturated heterocycles. The lowest BCUT2D eigenvalue weighted by molar-refractivity contribution is -0.646. The molecule has 0 radical (unpaired) electrons. The lowest BCUT2D eigenvalue weighted by Gasteiger charge is -1.98. The predicted octanol–water partition coefficient (Wildman–Crippen LogP) is 0.0574. The molecule has 0 saturated carbocycles. The van der Waals surface area contributed by atoms with Gasteiger partial charge in [-0.3, -0.25) is 0 Å². The molecule has 0 amide bonds. The highest BCUT2D eigenvalue weighted by Gasteiger charge is 2.05. The van der Waals surface area contributed by atoms with E-state index in [2.05, 4.69) is 0 Å². The minimum Gasteiger partial charge on any atom is -0.618 e. The minimum atomic E-state index is -1.19. The number of pyridine rings is 1. The van der Waals surface area contributed by atoms with Crippen molar-refractivity contribution in [2.24, 2.45) is 0 Å². The second-order valence-electron chi connectivity index (χ2n) is 1.82. The van der Waals surface area contributed by atoms with Crippen LogP contribution in [0.25, 0.3) is 0 Å². The Balaban J connectivity index is 3.15. The number of aromatic nitrogens is 1. The third-order valence-electron chi connectivity index (χ3n) is 1.08. The van der Waals surface area contributed by atoms with Gasteiger partial charge in [-0.1, -0.05) is 0 Å². The summed E-state index contributed by atoms with van der Waals surface area (Å²) in [5, 5.41) is 11.1. The summed E-state index contributed by atoms with van der Waals surface area (Å²) in [7, 11) is -1.19. The fourth-order valence-electron chi connectivity index (χ4n) is 0.635. The summed E-state index contributed by atoms with van der Waals surface area (Å²) in [4.78, 5) is 0. The highest BCUT2D eigenvalue weighted by Crippen LogP contribution is 1.94. The van der Waals surface area contributed by atoms with E-state index in [1.165, 1.54) is 12.5 Å². The van der Waals surface area contributed by atoms with Crippen LogP contribution < -0.4 is 4.73 Å². The highest BCUT2D eigenvalue weighted by atomic mass is 32.2. The molecule has 3 nitrogen and oxygen atoms in total. The van der Waals surface area contributed by atoms with Gasteiger partial charge < -0.3 is 5.21 Å². The van der Waals surface area contributed by atoms with Gasteiger partial charge in [-0.05, 0) is 6.07 Å². The molecule has 4 heteroatoms. The van der Waals surface area contributed by atoms with Crippen molar-refractivity contribution in [1.29, 1.82) is 0 Å². The molecule has 1 unspecified atom stereocenters. The van der Waals surface area contributed by atoms with E-state index in [1.54, 1.807) is 18.2 Å².